The summed E-state index contributed by atoms with van der Waals surface area (Å²) in [6.45, 7) is 6.02. The first-order valence-electron chi connectivity index (χ1n) is 10.2. The molecule has 1 fully saturated rings. The lowest BCUT2D eigenvalue weighted by molar-refractivity contribution is -0.138. The van der Waals surface area contributed by atoms with Crippen LogP contribution in [0.15, 0.2) is 21.3 Å². The lowest BCUT2D eigenvalue weighted by Crippen LogP contribution is -2.45. The van der Waals surface area contributed by atoms with E-state index >= 15 is 0 Å². The molecule has 1 unspecified atom stereocenters. The van der Waals surface area contributed by atoms with Gasteiger partial charge in [-0.2, -0.15) is 0 Å². The number of nitrogens with zero attached hydrogens (tertiary/aromatic N) is 1. The maximum absolute atomic E-state index is 12.7. The standard InChI is InChI=1S/C22H26N2O6/c1-12-9-18(26)29-20-13-6-7-22(2,3)30-15(13)10-16(19(12)20)28-11-17(25)24-8-4-5-14(24)21(23)27/h9-10,14H,4-8,11H2,1-3H3,(H2,23,27). The summed E-state index contributed by atoms with van der Waals surface area (Å²) in [7, 11) is 0. The summed E-state index contributed by atoms with van der Waals surface area (Å²) in [5.41, 5.74) is 6.58. The van der Waals surface area contributed by atoms with Gasteiger partial charge in [-0.15, -0.1) is 0 Å². The van der Waals surface area contributed by atoms with Crippen LogP contribution in [0.2, 0.25) is 0 Å². The van der Waals surface area contributed by atoms with Gasteiger partial charge in [0.05, 0.1) is 5.39 Å². The second-order valence-corrected chi connectivity index (χ2v) is 8.60. The molecule has 2 aromatic rings. The predicted molar refractivity (Wildman–Crippen MR) is 110 cm³/mol. The number of carbonyl (C=O) groups excluding carboxylic acids is 2. The lowest BCUT2D eigenvalue weighted by atomic mass is 9.92. The molecule has 160 valence electrons. The molecule has 2 aliphatic heterocycles. The summed E-state index contributed by atoms with van der Waals surface area (Å²) in [5.74, 6) is 0.184. The Labute approximate surface area is 173 Å². The van der Waals surface area contributed by atoms with E-state index in [0.717, 1.165) is 18.4 Å². The average molecular weight is 414 g/mol. The maximum Gasteiger partial charge on any atom is 0.336 e. The summed E-state index contributed by atoms with van der Waals surface area (Å²) in [5, 5.41) is 0.650. The molecule has 0 aliphatic carbocycles. The summed E-state index contributed by atoms with van der Waals surface area (Å²) >= 11 is 0. The van der Waals surface area contributed by atoms with Crippen molar-refractivity contribution in [1.82, 2.24) is 4.90 Å². The summed E-state index contributed by atoms with van der Waals surface area (Å²) in [6, 6.07) is 2.57. The highest BCUT2D eigenvalue weighted by molar-refractivity contribution is 5.92. The molecular weight excluding hydrogens is 388 g/mol. The lowest BCUT2D eigenvalue weighted by Gasteiger charge is -2.33. The van der Waals surface area contributed by atoms with Crippen LogP contribution in [0, 0.1) is 6.92 Å². The van der Waals surface area contributed by atoms with Gasteiger partial charge in [0.25, 0.3) is 5.91 Å². The Kier molecular flexibility index (Phi) is 4.95. The van der Waals surface area contributed by atoms with E-state index < -0.39 is 17.6 Å². The van der Waals surface area contributed by atoms with E-state index in [9.17, 15) is 14.4 Å². The van der Waals surface area contributed by atoms with E-state index in [1.54, 1.807) is 13.0 Å². The minimum Gasteiger partial charge on any atom is -0.487 e. The van der Waals surface area contributed by atoms with Gasteiger partial charge in [-0.1, -0.05) is 0 Å². The van der Waals surface area contributed by atoms with Crippen molar-refractivity contribution >= 4 is 22.8 Å². The van der Waals surface area contributed by atoms with Crippen LogP contribution in [-0.2, 0) is 16.0 Å². The van der Waals surface area contributed by atoms with Gasteiger partial charge in [-0.25, -0.2) is 4.79 Å². The fourth-order valence-electron chi connectivity index (χ4n) is 4.32. The smallest absolute Gasteiger partial charge is 0.336 e. The second kappa shape index (κ2) is 7.34. The first-order valence-corrected chi connectivity index (χ1v) is 10.2. The molecule has 1 saturated heterocycles. The zero-order valence-corrected chi connectivity index (χ0v) is 17.4. The quantitative estimate of drug-likeness (QED) is 0.767. The number of hydrogen-bond acceptors (Lipinski definition) is 6. The molecule has 0 bridgehead atoms. The van der Waals surface area contributed by atoms with E-state index in [0.29, 0.717) is 47.4 Å². The van der Waals surface area contributed by atoms with Gasteiger partial charge in [0, 0.05) is 24.2 Å². The van der Waals surface area contributed by atoms with Crippen molar-refractivity contribution in [3.8, 4) is 11.5 Å². The normalized spacial score (nSPS) is 20.0. The molecule has 8 nitrogen and oxygen atoms in total. The molecule has 1 aromatic carbocycles. The van der Waals surface area contributed by atoms with Gasteiger partial charge < -0.3 is 24.5 Å². The van der Waals surface area contributed by atoms with Crippen LogP contribution >= 0.6 is 0 Å². The molecule has 0 radical (unpaired) electrons. The molecule has 1 atom stereocenters. The minimum absolute atomic E-state index is 0.250. The van der Waals surface area contributed by atoms with Crippen LogP contribution in [0.1, 0.15) is 44.2 Å². The highest BCUT2D eigenvalue weighted by Gasteiger charge is 2.34. The van der Waals surface area contributed by atoms with Crippen LogP contribution in [0.4, 0.5) is 0 Å². The van der Waals surface area contributed by atoms with E-state index in [2.05, 4.69) is 0 Å². The van der Waals surface area contributed by atoms with Crippen LogP contribution in [0.25, 0.3) is 11.0 Å². The molecule has 3 heterocycles. The zero-order chi connectivity index (χ0) is 21.6. The molecule has 2 aliphatic rings. The molecular formula is C22H26N2O6. The van der Waals surface area contributed by atoms with Crippen LogP contribution in [0.5, 0.6) is 11.5 Å². The molecule has 0 spiro atoms. The van der Waals surface area contributed by atoms with Crippen LogP contribution in [0.3, 0.4) is 0 Å². The Hall–Kier alpha value is -3.03. The Bertz CT molecular complexity index is 1090. The Morgan fingerprint density at radius 2 is 2.10 bits per heavy atom. The third kappa shape index (κ3) is 3.62. The van der Waals surface area contributed by atoms with Crippen molar-refractivity contribution in [1.29, 1.82) is 0 Å². The Morgan fingerprint density at radius 3 is 2.83 bits per heavy atom. The van der Waals surface area contributed by atoms with Crippen molar-refractivity contribution in [2.45, 2.75) is 58.1 Å². The van der Waals surface area contributed by atoms with Crippen LogP contribution in [-0.4, -0.2) is 41.5 Å². The van der Waals surface area contributed by atoms with Crippen molar-refractivity contribution in [2.75, 3.05) is 13.2 Å². The summed E-state index contributed by atoms with van der Waals surface area (Å²) in [4.78, 5) is 37.8. The summed E-state index contributed by atoms with van der Waals surface area (Å²) < 4.78 is 17.5. The number of carbonyl (C=O) groups is 2. The van der Waals surface area contributed by atoms with E-state index in [1.165, 1.54) is 11.0 Å². The monoisotopic (exact) mass is 414 g/mol. The first-order chi connectivity index (χ1) is 14.2. The van der Waals surface area contributed by atoms with Gasteiger partial charge in [-0.3, -0.25) is 9.59 Å². The highest BCUT2D eigenvalue weighted by Crippen LogP contribution is 2.42. The maximum atomic E-state index is 12.7. The number of benzene rings is 1. The van der Waals surface area contributed by atoms with Gasteiger partial charge in [0.1, 0.15) is 28.7 Å². The van der Waals surface area contributed by atoms with Crippen molar-refractivity contribution < 1.29 is 23.5 Å². The van der Waals surface area contributed by atoms with Crippen LogP contribution < -0.4 is 20.8 Å². The number of rotatable bonds is 4. The fourth-order valence-corrected chi connectivity index (χ4v) is 4.32. The number of primary amides is 1. The van der Waals surface area contributed by atoms with Gasteiger partial charge in [-0.05, 0) is 52.0 Å². The van der Waals surface area contributed by atoms with Gasteiger partial charge in [0.15, 0.2) is 6.61 Å². The molecule has 1 aromatic heterocycles. The summed E-state index contributed by atoms with van der Waals surface area (Å²) in [6.07, 6.45) is 2.79. The third-order valence-electron chi connectivity index (χ3n) is 5.85. The number of nitrogens with two attached hydrogens (primary N) is 1. The molecule has 2 N–H and O–H groups in total. The average Bonchev–Trinajstić information content (AvgIpc) is 3.14. The van der Waals surface area contributed by atoms with Gasteiger partial charge >= 0.3 is 5.63 Å². The predicted octanol–water partition coefficient (Wildman–Crippen LogP) is 2.06. The fraction of sp³-hybridized carbons (Fsp3) is 0.500. The molecule has 8 heteroatoms. The van der Waals surface area contributed by atoms with E-state index in [-0.39, 0.29) is 18.1 Å². The molecule has 30 heavy (non-hydrogen) atoms. The van der Waals surface area contributed by atoms with E-state index in [1.807, 2.05) is 13.8 Å². The highest BCUT2D eigenvalue weighted by atomic mass is 16.5. The Balaban J connectivity index is 1.69. The topological polar surface area (TPSA) is 112 Å². The first kappa shape index (κ1) is 20.3. The largest absolute Gasteiger partial charge is 0.487 e. The SMILES string of the molecule is Cc1cc(=O)oc2c3c(cc(OCC(=O)N4CCCC4C(N)=O)c12)OC(C)(C)CC3. The molecule has 2 amide bonds. The molecule has 4 rings (SSSR count). The van der Waals surface area contributed by atoms with Gasteiger partial charge in [0.2, 0.25) is 5.91 Å². The second-order valence-electron chi connectivity index (χ2n) is 8.60. The minimum atomic E-state index is -0.592. The zero-order valence-electron chi connectivity index (χ0n) is 17.4. The number of aryl methyl sites for hydroxylation is 2. The van der Waals surface area contributed by atoms with Crippen molar-refractivity contribution in [3.05, 3.63) is 33.7 Å². The van der Waals surface area contributed by atoms with Crippen molar-refractivity contribution in [3.63, 3.8) is 0 Å². The van der Waals surface area contributed by atoms with Crippen molar-refractivity contribution in [2.24, 2.45) is 5.73 Å². The number of ether oxygens (including phenoxy) is 2. The number of fused-ring (bicyclic) bond motifs is 3. The number of likely N-dealkylation sites (tertiary alicyclic amines) is 1. The number of hydrogen-bond donors (Lipinski definition) is 1. The molecule has 0 saturated carbocycles. The van der Waals surface area contributed by atoms with E-state index in [4.69, 9.17) is 19.6 Å². The Morgan fingerprint density at radius 1 is 1.33 bits per heavy atom. The number of amides is 2. The third-order valence-corrected chi connectivity index (χ3v) is 5.85.